The van der Waals surface area contributed by atoms with Crippen LogP contribution in [0, 0.1) is 0 Å². The maximum atomic E-state index is 10.3. The Balaban J connectivity index is 1.45. The zero-order valence-corrected chi connectivity index (χ0v) is 14.2. The number of rotatable bonds is 7. The highest BCUT2D eigenvalue weighted by molar-refractivity contribution is 7.10. The van der Waals surface area contributed by atoms with Gasteiger partial charge in [-0.05, 0) is 42.7 Å². The highest BCUT2D eigenvalue weighted by Gasteiger charge is 2.28. The van der Waals surface area contributed by atoms with Crippen molar-refractivity contribution in [2.75, 3.05) is 32.9 Å². The molecule has 0 aromatic carbocycles. The van der Waals surface area contributed by atoms with Gasteiger partial charge in [-0.25, -0.2) is 0 Å². The normalized spacial score (nSPS) is 27.0. The van der Waals surface area contributed by atoms with E-state index in [1.165, 1.54) is 10.4 Å². The van der Waals surface area contributed by atoms with Gasteiger partial charge in [0.1, 0.15) is 0 Å². The van der Waals surface area contributed by atoms with Crippen LogP contribution < -0.4 is 0 Å². The lowest BCUT2D eigenvalue weighted by Gasteiger charge is -2.36. The molecular formula is C17H27NO3S. The summed E-state index contributed by atoms with van der Waals surface area (Å²) >= 11 is 1.87. The molecule has 2 aliphatic heterocycles. The van der Waals surface area contributed by atoms with E-state index < -0.39 is 6.10 Å². The summed E-state index contributed by atoms with van der Waals surface area (Å²) in [5, 5.41) is 12.5. The molecule has 22 heavy (non-hydrogen) atoms. The fraction of sp³-hybridized carbons (Fsp3) is 0.765. The van der Waals surface area contributed by atoms with Crippen LogP contribution in [0.5, 0.6) is 0 Å². The van der Waals surface area contributed by atoms with Crippen molar-refractivity contribution in [2.45, 2.75) is 50.9 Å². The van der Waals surface area contributed by atoms with Crippen molar-refractivity contribution in [3.05, 3.63) is 21.9 Å². The molecule has 0 saturated carbocycles. The van der Waals surface area contributed by atoms with Crippen LogP contribution in [0.2, 0.25) is 0 Å². The summed E-state index contributed by atoms with van der Waals surface area (Å²) < 4.78 is 11.2. The lowest BCUT2D eigenvalue weighted by molar-refractivity contribution is -0.0295. The van der Waals surface area contributed by atoms with Crippen molar-refractivity contribution >= 4 is 11.3 Å². The Hall–Kier alpha value is -0.460. The van der Waals surface area contributed by atoms with Crippen LogP contribution in [0.4, 0.5) is 0 Å². The number of aliphatic hydroxyl groups is 1. The largest absolute Gasteiger partial charge is 0.389 e. The molecule has 0 amide bonds. The Labute approximate surface area is 137 Å². The molecule has 124 valence electrons. The SMILES string of the molecule is CC[C@@H]1c2ccsc2CCN1C[C@@H](O)COC[C@@H]1CCCO1. The lowest BCUT2D eigenvalue weighted by atomic mass is 9.97. The molecule has 1 saturated heterocycles. The first-order valence-electron chi connectivity index (χ1n) is 8.45. The first-order chi connectivity index (χ1) is 10.8. The Kier molecular flexibility index (Phi) is 5.88. The molecule has 0 unspecified atom stereocenters. The zero-order chi connectivity index (χ0) is 15.4. The van der Waals surface area contributed by atoms with Gasteiger partial charge in [0, 0.05) is 30.6 Å². The molecule has 3 heterocycles. The quantitative estimate of drug-likeness (QED) is 0.837. The van der Waals surface area contributed by atoms with Crippen LogP contribution in [0.15, 0.2) is 11.4 Å². The Morgan fingerprint density at radius 3 is 3.23 bits per heavy atom. The highest BCUT2D eigenvalue weighted by Crippen LogP contribution is 2.35. The number of fused-ring (bicyclic) bond motifs is 1. The van der Waals surface area contributed by atoms with Crippen LogP contribution in [0.1, 0.15) is 42.7 Å². The molecule has 1 fully saturated rings. The maximum absolute atomic E-state index is 10.3. The van der Waals surface area contributed by atoms with E-state index >= 15 is 0 Å². The third kappa shape index (κ3) is 3.89. The molecule has 2 aliphatic rings. The molecule has 4 nitrogen and oxygen atoms in total. The molecule has 1 aromatic rings. The van der Waals surface area contributed by atoms with E-state index in [0.717, 1.165) is 38.8 Å². The van der Waals surface area contributed by atoms with E-state index in [4.69, 9.17) is 9.47 Å². The van der Waals surface area contributed by atoms with Gasteiger partial charge in [-0.2, -0.15) is 0 Å². The number of β-amino-alcohol motifs (C(OH)–C–C–N with tert-alkyl or cyclic N) is 1. The Bertz CT molecular complexity index is 459. The van der Waals surface area contributed by atoms with Crippen LogP contribution in [0.25, 0.3) is 0 Å². The van der Waals surface area contributed by atoms with Crippen molar-refractivity contribution in [1.29, 1.82) is 0 Å². The number of thiophene rings is 1. The molecule has 0 radical (unpaired) electrons. The van der Waals surface area contributed by atoms with Crippen LogP contribution in [-0.4, -0.2) is 55.1 Å². The van der Waals surface area contributed by atoms with Crippen molar-refractivity contribution in [3.8, 4) is 0 Å². The molecule has 5 heteroatoms. The van der Waals surface area contributed by atoms with Crippen molar-refractivity contribution in [3.63, 3.8) is 0 Å². The predicted molar refractivity (Wildman–Crippen MR) is 88.4 cm³/mol. The van der Waals surface area contributed by atoms with Gasteiger partial charge >= 0.3 is 0 Å². The number of aliphatic hydroxyl groups excluding tert-OH is 1. The van der Waals surface area contributed by atoms with Crippen molar-refractivity contribution < 1.29 is 14.6 Å². The topological polar surface area (TPSA) is 41.9 Å². The maximum Gasteiger partial charge on any atom is 0.0900 e. The van der Waals surface area contributed by atoms with E-state index in [-0.39, 0.29) is 6.10 Å². The fourth-order valence-corrected chi connectivity index (χ4v) is 4.51. The van der Waals surface area contributed by atoms with E-state index in [1.807, 2.05) is 11.3 Å². The molecule has 3 atom stereocenters. The highest BCUT2D eigenvalue weighted by atomic mass is 32.1. The molecule has 1 N–H and O–H groups in total. The summed E-state index contributed by atoms with van der Waals surface area (Å²) in [7, 11) is 0. The second-order valence-corrected chi connectivity index (χ2v) is 7.30. The molecule has 0 spiro atoms. The molecular weight excluding hydrogens is 298 g/mol. The van der Waals surface area contributed by atoms with Crippen LogP contribution >= 0.6 is 11.3 Å². The van der Waals surface area contributed by atoms with Gasteiger partial charge in [0.05, 0.1) is 25.4 Å². The molecule has 0 aliphatic carbocycles. The van der Waals surface area contributed by atoms with E-state index in [9.17, 15) is 5.11 Å². The van der Waals surface area contributed by atoms with Crippen LogP contribution in [-0.2, 0) is 15.9 Å². The summed E-state index contributed by atoms with van der Waals surface area (Å²) in [6, 6.07) is 2.70. The average Bonchev–Trinajstić information content (AvgIpc) is 3.17. The summed E-state index contributed by atoms with van der Waals surface area (Å²) in [4.78, 5) is 3.93. The Morgan fingerprint density at radius 2 is 2.45 bits per heavy atom. The predicted octanol–water partition coefficient (Wildman–Crippen LogP) is 2.61. The standard InChI is InChI=1S/C17H27NO3S/c1-2-16-15-6-9-22-17(15)5-7-18(16)10-13(19)11-20-12-14-4-3-8-21-14/h6,9,13-14,16,19H,2-5,7-8,10-12H2,1H3/t13-,14+,16-/m1/s1. The molecule has 0 bridgehead atoms. The van der Waals surface area contributed by atoms with Crippen molar-refractivity contribution in [1.82, 2.24) is 4.90 Å². The summed E-state index contributed by atoms with van der Waals surface area (Å²) in [6.07, 6.45) is 4.22. The second kappa shape index (κ2) is 7.88. The monoisotopic (exact) mass is 325 g/mol. The summed E-state index contributed by atoms with van der Waals surface area (Å²) in [5.41, 5.74) is 1.46. The van der Waals surface area contributed by atoms with Gasteiger partial charge in [-0.15, -0.1) is 11.3 Å². The number of nitrogens with zero attached hydrogens (tertiary/aromatic N) is 1. The number of hydrogen-bond acceptors (Lipinski definition) is 5. The first-order valence-corrected chi connectivity index (χ1v) is 9.33. The third-order valence-corrected chi connectivity index (χ3v) is 5.67. The van der Waals surface area contributed by atoms with Gasteiger partial charge in [-0.1, -0.05) is 6.92 Å². The average molecular weight is 325 g/mol. The number of ether oxygens (including phenoxy) is 2. The van der Waals surface area contributed by atoms with Crippen molar-refractivity contribution in [2.24, 2.45) is 0 Å². The lowest BCUT2D eigenvalue weighted by Crippen LogP contribution is -2.41. The van der Waals surface area contributed by atoms with E-state index in [1.54, 1.807) is 0 Å². The first kappa shape index (κ1) is 16.4. The van der Waals surface area contributed by atoms with E-state index in [2.05, 4.69) is 23.3 Å². The van der Waals surface area contributed by atoms with Gasteiger partial charge in [-0.3, -0.25) is 4.90 Å². The fourth-order valence-electron chi connectivity index (χ4n) is 3.58. The smallest absolute Gasteiger partial charge is 0.0900 e. The third-order valence-electron chi connectivity index (χ3n) is 4.68. The summed E-state index contributed by atoms with van der Waals surface area (Å²) in [6.45, 7) is 5.83. The second-order valence-electron chi connectivity index (χ2n) is 6.29. The van der Waals surface area contributed by atoms with Gasteiger partial charge in [0.25, 0.3) is 0 Å². The number of hydrogen-bond donors (Lipinski definition) is 1. The molecule has 1 aromatic heterocycles. The minimum Gasteiger partial charge on any atom is -0.389 e. The Morgan fingerprint density at radius 1 is 1.55 bits per heavy atom. The van der Waals surface area contributed by atoms with Crippen LogP contribution in [0.3, 0.4) is 0 Å². The van der Waals surface area contributed by atoms with Gasteiger partial charge < -0.3 is 14.6 Å². The minimum absolute atomic E-state index is 0.235. The summed E-state index contributed by atoms with van der Waals surface area (Å²) in [5.74, 6) is 0. The van der Waals surface area contributed by atoms with E-state index in [0.29, 0.717) is 25.8 Å². The molecule has 3 rings (SSSR count). The van der Waals surface area contributed by atoms with Gasteiger partial charge in [0.15, 0.2) is 0 Å². The van der Waals surface area contributed by atoms with Gasteiger partial charge in [0.2, 0.25) is 0 Å². The minimum atomic E-state index is -0.421. The zero-order valence-electron chi connectivity index (χ0n) is 13.4.